The Morgan fingerprint density at radius 3 is 2.56 bits per heavy atom. The second kappa shape index (κ2) is 4.05. The highest BCUT2D eigenvalue weighted by atomic mass is 16.4. The van der Waals surface area contributed by atoms with Crippen molar-refractivity contribution >= 4 is 11.9 Å². The van der Waals surface area contributed by atoms with Gasteiger partial charge in [-0.3, -0.25) is 4.79 Å². The van der Waals surface area contributed by atoms with Crippen molar-refractivity contribution in [2.45, 2.75) is 50.1 Å². The Labute approximate surface area is 94.6 Å². The van der Waals surface area contributed by atoms with Crippen molar-refractivity contribution in [3.63, 3.8) is 0 Å². The first-order valence-electron chi connectivity index (χ1n) is 5.83. The Morgan fingerprint density at radius 1 is 1.38 bits per heavy atom. The van der Waals surface area contributed by atoms with Crippen LogP contribution in [-0.4, -0.2) is 40.0 Å². The number of nitrogens with zero attached hydrogens (tertiary/aromatic N) is 1. The van der Waals surface area contributed by atoms with E-state index in [0.717, 1.165) is 25.7 Å². The molecule has 0 aromatic heterocycles. The number of hydrogen-bond donors (Lipinski definition) is 2. The van der Waals surface area contributed by atoms with Gasteiger partial charge in [-0.25, -0.2) is 4.79 Å². The second-order valence-electron chi connectivity index (χ2n) is 4.98. The zero-order valence-corrected chi connectivity index (χ0v) is 9.32. The summed E-state index contributed by atoms with van der Waals surface area (Å²) in [7, 11) is 0. The lowest BCUT2D eigenvalue weighted by molar-refractivity contribution is -0.149. The van der Waals surface area contributed by atoms with Crippen LogP contribution in [0.5, 0.6) is 0 Å². The monoisotopic (exact) mass is 226 g/mol. The fourth-order valence-electron chi connectivity index (χ4n) is 2.53. The van der Waals surface area contributed by atoms with Crippen LogP contribution in [0.25, 0.3) is 0 Å². The average Bonchev–Trinajstić information content (AvgIpc) is 2.63. The zero-order valence-electron chi connectivity index (χ0n) is 9.32. The molecule has 5 nitrogen and oxygen atoms in total. The fourth-order valence-corrected chi connectivity index (χ4v) is 2.53. The van der Waals surface area contributed by atoms with Crippen molar-refractivity contribution in [2.24, 2.45) is 5.73 Å². The molecule has 1 saturated carbocycles. The highest BCUT2D eigenvalue weighted by Crippen LogP contribution is 2.33. The molecule has 16 heavy (non-hydrogen) atoms. The quantitative estimate of drug-likeness (QED) is 0.726. The minimum absolute atomic E-state index is 0.0906. The van der Waals surface area contributed by atoms with Gasteiger partial charge < -0.3 is 15.7 Å². The van der Waals surface area contributed by atoms with E-state index in [1.807, 2.05) is 0 Å². The molecule has 1 aliphatic heterocycles. The van der Waals surface area contributed by atoms with Gasteiger partial charge in [-0.05, 0) is 32.1 Å². The summed E-state index contributed by atoms with van der Waals surface area (Å²) in [6.07, 6.45) is 4.48. The van der Waals surface area contributed by atoms with E-state index in [1.165, 1.54) is 4.90 Å². The Kier molecular flexibility index (Phi) is 2.88. The highest BCUT2D eigenvalue weighted by molar-refractivity contribution is 5.85. The first-order valence-corrected chi connectivity index (χ1v) is 5.83. The number of likely N-dealkylation sites (tertiary alicyclic amines) is 1. The molecule has 3 N–H and O–H groups in total. The summed E-state index contributed by atoms with van der Waals surface area (Å²) in [4.78, 5) is 24.4. The van der Waals surface area contributed by atoms with Crippen LogP contribution in [0.1, 0.15) is 38.5 Å². The number of carboxylic acid groups (broad SMARTS) is 1. The summed E-state index contributed by atoms with van der Waals surface area (Å²) in [6.45, 7) is 0.561. The van der Waals surface area contributed by atoms with Crippen molar-refractivity contribution in [3.8, 4) is 0 Å². The summed E-state index contributed by atoms with van der Waals surface area (Å²) in [6, 6.07) is -0.629. The number of rotatable bonds is 3. The van der Waals surface area contributed by atoms with E-state index in [-0.39, 0.29) is 11.4 Å². The normalized spacial score (nSPS) is 27.6. The largest absolute Gasteiger partial charge is 0.480 e. The molecule has 1 aliphatic carbocycles. The molecule has 1 amide bonds. The van der Waals surface area contributed by atoms with Crippen molar-refractivity contribution in [3.05, 3.63) is 0 Å². The topological polar surface area (TPSA) is 83.6 Å². The molecule has 2 fully saturated rings. The number of amides is 1. The lowest BCUT2D eigenvalue weighted by atomic mass is 9.75. The number of carbonyl (C=O) groups is 2. The molecule has 2 rings (SSSR count). The Hall–Kier alpha value is -1.10. The smallest absolute Gasteiger partial charge is 0.326 e. The summed E-state index contributed by atoms with van der Waals surface area (Å²) in [5, 5.41) is 8.98. The van der Waals surface area contributed by atoms with Gasteiger partial charge in [0.25, 0.3) is 0 Å². The molecular formula is C11H18N2O3. The van der Waals surface area contributed by atoms with Crippen LogP contribution in [0.2, 0.25) is 0 Å². The standard InChI is InChI=1S/C11H18N2O3/c12-11(4-2-5-11)7-9(14)13-6-1-3-8(13)10(15)16/h8H,1-7,12H2,(H,15,16). The first-order chi connectivity index (χ1) is 7.52. The van der Waals surface area contributed by atoms with Gasteiger partial charge in [0.05, 0.1) is 0 Å². The lowest BCUT2D eigenvalue weighted by Crippen LogP contribution is -2.52. The van der Waals surface area contributed by atoms with Gasteiger partial charge in [0.2, 0.25) is 5.91 Å². The number of aliphatic carboxylic acids is 1. The molecule has 1 unspecified atom stereocenters. The van der Waals surface area contributed by atoms with Gasteiger partial charge in [0.1, 0.15) is 6.04 Å². The van der Waals surface area contributed by atoms with E-state index in [0.29, 0.717) is 19.4 Å². The highest BCUT2D eigenvalue weighted by Gasteiger charge is 2.40. The van der Waals surface area contributed by atoms with Crippen molar-refractivity contribution in [1.29, 1.82) is 0 Å². The molecule has 1 atom stereocenters. The maximum absolute atomic E-state index is 12.0. The van der Waals surface area contributed by atoms with Crippen LogP contribution in [0.15, 0.2) is 0 Å². The molecule has 5 heteroatoms. The summed E-state index contributed by atoms with van der Waals surface area (Å²) in [5.41, 5.74) is 5.64. The van der Waals surface area contributed by atoms with Crippen LogP contribution in [-0.2, 0) is 9.59 Å². The molecule has 0 aromatic rings. The van der Waals surface area contributed by atoms with E-state index in [9.17, 15) is 9.59 Å². The van der Waals surface area contributed by atoms with E-state index in [2.05, 4.69) is 0 Å². The predicted molar refractivity (Wildman–Crippen MR) is 57.8 cm³/mol. The molecule has 0 radical (unpaired) electrons. The third kappa shape index (κ3) is 2.04. The van der Waals surface area contributed by atoms with Gasteiger partial charge in [-0.1, -0.05) is 0 Å². The van der Waals surface area contributed by atoms with Gasteiger partial charge in [0.15, 0.2) is 0 Å². The van der Waals surface area contributed by atoms with Gasteiger partial charge in [0, 0.05) is 18.5 Å². The van der Waals surface area contributed by atoms with Gasteiger partial charge >= 0.3 is 5.97 Å². The molecule has 2 aliphatic rings. The number of carboxylic acids is 1. The van der Waals surface area contributed by atoms with E-state index in [1.54, 1.807) is 0 Å². The lowest BCUT2D eigenvalue weighted by Gasteiger charge is -2.38. The van der Waals surface area contributed by atoms with Crippen LogP contribution < -0.4 is 5.73 Å². The molecule has 0 spiro atoms. The minimum atomic E-state index is -0.898. The summed E-state index contributed by atoms with van der Waals surface area (Å²) in [5.74, 6) is -0.988. The molecular weight excluding hydrogens is 208 g/mol. The van der Waals surface area contributed by atoms with Crippen LogP contribution in [0.4, 0.5) is 0 Å². The number of hydrogen-bond acceptors (Lipinski definition) is 3. The molecule has 0 aromatic carbocycles. The molecule has 1 heterocycles. The van der Waals surface area contributed by atoms with Gasteiger partial charge in [-0.2, -0.15) is 0 Å². The number of carbonyl (C=O) groups excluding carboxylic acids is 1. The zero-order chi connectivity index (χ0) is 11.8. The Balaban J connectivity index is 1.95. The van der Waals surface area contributed by atoms with E-state index in [4.69, 9.17) is 10.8 Å². The van der Waals surface area contributed by atoms with E-state index < -0.39 is 12.0 Å². The maximum Gasteiger partial charge on any atom is 0.326 e. The van der Waals surface area contributed by atoms with Crippen LogP contribution in [0.3, 0.4) is 0 Å². The average molecular weight is 226 g/mol. The third-order valence-corrected chi connectivity index (χ3v) is 3.71. The van der Waals surface area contributed by atoms with Crippen molar-refractivity contribution in [2.75, 3.05) is 6.54 Å². The molecule has 0 bridgehead atoms. The Bertz CT molecular complexity index is 312. The maximum atomic E-state index is 12.0. The third-order valence-electron chi connectivity index (χ3n) is 3.71. The second-order valence-corrected chi connectivity index (χ2v) is 4.98. The van der Waals surface area contributed by atoms with E-state index >= 15 is 0 Å². The van der Waals surface area contributed by atoms with Crippen LogP contribution in [0, 0.1) is 0 Å². The summed E-state index contributed by atoms with van der Waals surface area (Å²) < 4.78 is 0. The molecule has 90 valence electrons. The molecule has 1 saturated heterocycles. The SMILES string of the molecule is NC1(CC(=O)N2CCCC2C(=O)O)CCC1. The summed E-state index contributed by atoms with van der Waals surface area (Å²) >= 11 is 0. The number of nitrogens with two attached hydrogens (primary N) is 1. The first kappa shape index (κ1) is 11.4. The Morgan fingerprint density at radius 2 is 2.06 bits per heavy atom. The van der Waals surface area contributed by atoms with Crippen molar-refractivity contribution < 1.29 is 14.7 Å². The van der Waals surface area contributed by atoms with Crippen molar-refractivity contribution in [1.82, 2.24) is 4.90 Å². The minimum Gasteiger partial charge on any atom is -0.480 e. The van der Waals surface area contributed by atoms with Gasteiger partial charge in [-0.15, -0.1) is 0 Å². The predicted octanol–water partition coefficient (Wildman–Crippen LogP) is 0.333. The fraction of sp³-hybridized carbons (Fsp3) is 0.818. The van der Waals surface area contributed by atoms with Crippen LogP contribution >= 0.6 is 0 Å².